The first-order chi connectivity index (χ1) is 15.7. The summed E-state index contributed by atoms with van der Waals surface area (Å²) < 4.78 is 6.07. The lowest BCUT2D eigenvalue weighted by Gasteiger charge is -2.21. The molecule has 0 aliphatic rings. The number of nitrogens with zero attached hydrogens (tertiary/aromatic N) is 1. The van der Waals surface area contributed by atoms with Gasteiger partial charge in [0.05, 0.1) is 12.5 Å². The SMILES string of the molecule is Cc1ccc(-c2cc(C(CC(C)C)Nc3ccc(C(=O)NCCC(=O)O)cc3)c(C)o2)cn1. The second kappa shape index (κ2) is 10.8. The van der Waals surface area contributed by atoms with E-state index < -0.39 is 5.97 Å². The Balaban J connectivity index is 1.75. The molecule has 1 unspecified atom stereocenters. The molecule has 2 heterocycles. The molecular formula is C26H31N3O4. The maximum absolute atomic E-state index is 12.2. The van der Waals surface area contributed by atoms with Gasteiger partial charge in [0, 0.05) is 40.8 Å². The van der Waals surface area contributed by atoms with Gasteiger partial charge in [0.25, 0.3) is 5.91 Å². The number of aryl methyl sites for hydroxylation is 2. The normalized spacial score (nSPS) is 11.9. The van der Waals surface area contributed by atoms with Crippen LogP contribution in [0.3, 0.4) is 0 Å². The molecule has 7 heteroatoms. The van der Waals surface area contributed by atoms with E-state index in [2.05, 4.69) is 35.5 Å². The molecule has 0 bridgehead atoms. The van der Waals surface area contributed by atoms with E-state index in [-0.39, 0.29) is 24.9 Å². The number of pyridine rings is 1. The molecule has 2 aromatic heterocycles. The smallest absolute Gasteiger partial charge is 0.305 e. The molecule has 0 spiro atoms. The molecule has 0 fully saturated rings. The van der Waals surface area contributed by atoms with Gasteiger partial charge in [-0.25, -0.2) is 0 Å². The van der Waals surface area contributed by atoms with Gasteiger partial charge in [-0.05, 0) is 68.7 Å². The largest absolute Gasteiger partial charge is 0.481 e. The number of nitrogens with one attached hydrogen (secondary N) is 2. The number of aliphatic carboxylic acids is 1. The highest BCUT2D eigenvalue weighted by molar-refractivity contribution is 5.94. The van der Waals surface area contributed by atoms with Gasteiger partial charge >= 0.3 is 5.97 Å². The lowest BCUT2D eigenvalue weighted by Crippen LogP contribution is -2.25. The molecule has 3 rings (SSSR count). The van der Waals surface area contributed by atoms with Crippen molar-refractivity contribution in [3.8, 4) is 11.3 Å². The van der Waals surface area contributed by atoms with Crippen molar-refractivity contribution in [2.24, 2.45) is 5.92 Å². The predicted octanol–water partition coefficient (Wildman–Crippen LogP) is 5.36. The number of carbonyl (C=O) groups excluding carboxylic acids is 1. The van der Waals surface area contributed by atoms with E-state index in [0.717, 1.165) is 40.4 Å². The summed E-state index contributed by atoms with van der Waals surface area (Å²) in [7, 11) is 0. The maximum atomic E-state index is 12.2. The zero-order chi connectivity index (χ0) is 24.0. The number of furan rings is 1. The quantitative estimate of drug-likeness (QED) is 0.385. The monoisotopic (exact) mass is 449 g/mol. The van der Waals surface area contributed by atoms with Crippen LogP contribution in [0.5, 0.6) is 0 Å². The Morgan fingerprint density at radius 1 is 1.09 bits per heavy atom. The lowest BCUT2D eigenvalue weighted by atomic mass is 9.96. The Morgan fingerprint density at radius 3 is 2.42 bits per heavy atom. The number of carbonyl (C=O) groups is 2. The van der Waals surface area contributed by atoms with Gasteiger partial charge in [-0.1, -0.05) is 13.8 Å². The third-order valence-electron chi connectivity index (χ3n) is 5.35. The molecule has 3 N–H and O–H groups in total. The second-order valence-corrected chi connectivity index (χ2v) is 8.61. The summed E-state index contributed by atoms with van der Waals surface area (Å²) in [4.78, 5) is 27.2. The van der Waals surface area contributed by atoms with Crippen molar-refractivity contribution < 1.29 is 19.1 Å². The van der Waals surface area contributed by atoms with Crippen molar-refractivity contribution >= 4 is 17.6 Å². The average molecular weight is 450 g/mol. The third-order valence-corrected chi connectivity index (χ3v) is 5.35. The van der Waals surface area contributed by atoms with Crippen molar-refractivity contribution in [2.45, 2.75) is 46.6 Å². The van der Waals surface area contributed by atoms with E-state index in [9.17, 15) is 9.59 Å². The van der Waals surface area contributed by atoms with Gasteiger partial charge in [0.2, 0.25) is 0 Å². The Kier molecular flexibility index (Phi) is 7.87. The van der Waals surface area contributed by atoms with E-state index in [1.807, 2.05) is 44.3 Å². The highest BCUT2D eigenvalue weighted by Gasteiger charge is 2.20. The Bertz CT molecular complexity index is 1090. The summed E-state index contributed by atoms with van der Waals surface area (Å²) in [5, 5.41) is 14.9. The Morgan fingerprint density at radius 2 is 1.82 bits per heavy atom. The number of aromatic nitrogens is 1. The van der Waals surface area contributed by atoms with E-state index in [1.54, 1.807) is 12.1 Å². The molecule has 7 nitrogen and oxygen atoms in total. The second-order valence-electron chi connectivity index (χ2n) is 8.61. The number of hydrogen-bond donors (Lipinski definition) is 3. The van der Waals surface area contributed by atoms with Crippen LogP contribution >= 0.6 is 0 Å². The van der Waals surface area contributed by atoms with Crippen LogP contribution in [0.15, 0.2) is 53.1 Å². The van der Waals surface area contributed by atoms with Crippen LogP contribution in [0.25, 0.3) is 11.3 Å². The number of hydrogen-bond acceptors (Lipinski definition) is 5. The minimum Gasteiger partial charge on any atom is -0.481 e. The summed E-state index contributed by atoms with van der Waals surface area (Å²) in [6, 6.07) is 13.3. The highest BCUT2D eigenvalue weighted by Crippen LogP contribution is 2.34. The van der Waals surface area contributed by atoms with Gasteiger partial charge in [-0.3, -0.25) is 14.6 Å². The van der Waals surface area contributed by atoms with Crippen LogP contribution in [-0.2, 0) is 4.79 Å². The number of rotatable bonds is 10. The van der Waals surface area contributed by atoms with E-state index in [4.69, 9.17) is 9.52 Å². The van der Waals surface area contributed by atoms with Gasteiger partial charge in [-0.2, -0.15) is 0 Å². The number of carboxylic acid groups (broad SMARTS) is 1. The summed E-state index contributed by atoms with van der Waals surface area (Å²) in [5.41, 5.74) is 4.37. The molecule has 0 saturated heterocycles. The lowest BCUT2D eigenvalue weighted by molar-refractivity contribution is -0.136. The fourth-order valence-electron chi connectivity index (χ4n) is 3.64. The van der Waals surface area contributed by atoms with Crippen molar-refractivity contribution in [3.05, 3.63) is 71.2 Å². The molecule has 1 amide bonds. The number of benzene rings is 1. The van der Waals surface area contributed by atoms with Crippen molar-refractivity contribution in [2.75, 3.05) is 11.9 Å². The molecule has 1 aromatic carbocycles. The van der Waals surface area contributed by atoms with E-state index >= 15 is 0 Å². The molecule has 33 heavy (non-hydrogen) atoms. The summed E-state index contributed by atoms with van der Waals surface area (Å²) in [5.74, 6) is 0.878. The fourth-order valence-corrected chi connectivity index (χ4v) is 3.64. The van der Waals surface area contributed by atoms with Crippen LogP contribution in [0.4, 0.5) is 5.69 Å². The first-order valence-electron chi connectivity index (χ1n) is 11.1. The highest BCUT2D eigenvalue weighted by atomic mass is 16.4. The maximum Gasteiger partial charge on any atom is 0.305 e. The van der Waals surface area contributed by atoms with Crippen LogP contribution < -0.4 is 10.6 Å². The van der Waals surface area contributed by atoms with Gasteiger partial charge in [-0.15, -0.1) is 0 Å². The average Bonchev–Trinajstić information content (AvgIpc) is 3.15. The number of carboxylic acids is 1. The zero-order valence-electron chi connectivity index (χ0n) is 19.5. The Labute approximate surface area is 194 Å². The van der Waals surface area contributed by atoms with Crippen molar-refractivity contribution in [1.29, 1.82) is 0 Å². The van der Waals surface area contributed by atoms with E-state index in [1.165, 1.54) is 0 Å². The number of amides is 1. The minimum atomic E-state index is -0.942. The molecule has 3 aromatic rings. The van der Waals surface area contributed by atoms with Crippen LogP contribution in [0.1, 0.15) is 60.1 Å². The topological polar surface area (TPSA) is 104 Å². The van der Waals surface area contributed by atoms with Crippen LogP contribution in [0.2, 0.25) is 0 Å². The van der Waals surface area contributed by atoms with E-state index in [0.29, 0.717) is 11.5 Å². The van der Waals surface area contributed by atoms with Crippen molar-refractivity contribution in [1.82, 2.24) is 10.3 Å². The number of anilines is 1. The Hall–Kier alpha value is -3.61. The molecule has 0 aliphatic carbocycles. The molecule has 0 radical (unpaired) electrons. The minimum absolute atomic E-state index is 0.0381. The first-order valence-corrected chi connectivity index (χ1v) is 11.1. The van der Waals surface area contributed by atoms with Crippen LogP contribution in [-0.4, -0.2) is 28.5 Å². The standard InChI is InChI=1S/C26H31N3O4/c1-16(2)13-23(22-14-24(33-18(22)4)20-6-5-17(3)28-15-20)29-21-9-7-19(8-10-21)26(32)27-12-11-25(30)31/h5-10,14-16,23,29H,11-13H2,1-4H3,(H,27,32)(H,30,31). The summed E-state index contributed by atoms with van der Waals surface area (Å²) >= 11 is 0. The third kappa shape index (κ3) is 6.68. The fraction of sp³-hybridized carbons (Fsp3) is 0.346. The van der Waals surface area contributed by atoms with Gasteiger partial charge in [0.1, 0.15) is 11.5 Å². The molecule has 0 saturated carbocycles. The van der Waals surface area contributed by atoms with Crippen molar-refractivity contribution in [3.63, 3.8) is 0 Å². The molecule has 0 aliphatic heterocycles. The van der Waals surface area contributed by atoms with Gasteiger partial charge < -0.3 is 20.2 Å². The first kappa shape index (κ1) is 24.0. The summed E-state index contributed by atoms with van der Waals surface area (Å²) in [6.45, 7) is 8.39. The van der Waals surface area contributed by atoms with Crippen LogP contribution in [0, 0.1) is 19.8 Å². The van der Waals surface area contributed by atoms with Gasteiger partial charge in [0.15, 0.2) is 0 Å². The molecule has 1 atom stereocenters. The summed E-state index contributed by atoms with van der Waals surface area (Å²) in [6.07, 6.45) is 2.62. The molecule has 174 valence electrons. The predicted molar refractivity (Wildman–Crippen MR) is 128 cm³/mol. The molecular weight excluding hydrogens is 418 g/mol. The zero-order valence-corrected chi connectivity index (χ0v) is 19.5.